The summed E-state index contributed by atoms with van der Waals surface area (Å²) in [4.78, 5) is 11.0. The van der Waals surface area contributed by atoms with Gasteiger partial charge in [0.15, 0.2) is 11.6 Å². The summed E-state index contributed by atoms with van der Waals surface area (Å²) in [5, 5.41) is 0. The van der Waals surface area contributed by atoms with Crippen LogP contribution in [0.25, 0.3) is 0 Å². The molecule has 1 aromatic carbocycles. The third-order valence-corrected chi connectivity index (χ3v) is 5.79. The minimum Gasteiger partial charge on any atom is -0.369 e. The lowest BCUT2D eigenvalue weighted by Crippen LogP contribution is -2.46. The largest absolute Gasteiger partial charge is 0.369 e. The smallest absolute Gasteiger partial charge is 0.165 e. The van der Waals surface area contributed by atoms with Gasteiger partial charge >= 0.3 is 0 Å². The van der Waals surface area contributed by atoms with Gasteiger partial charge in [-0.2, -0.15) is 0 Å². The van der Waals surface area contributed by atoms with Crippen molar-refractivity contribution in [3.05, 3.63) is 54.5 Å². The quantitative estimate of drug-likeness (QED) is 0.710. The second-order valence-corrected chi connectivity index (χ2v) is 7.76. The Hall–Kier alpha value is -2.62. The summed E-state index contributed by atoms with van der Waals surface area (Å²) in [7, 11) is 0. The molecule has 0 saturated carbocycles. The van der Waals surface area contributed by atoms with E-state index in [1.54, 1.807) is 12.3 Å². The van der Waals surface area contributed by atoms with E-state index in [0.717, 1.165) is 58.7 Å². The first kappa shape index (κ1) is 20.6. The fraction of sp³-hybridized carbons (Fsp3) is 0.458. The van der Waals surface area contributed by atoms with Crippen LogP contribution in [0.15, 0.2) is 48.7 Å². The Balaban J connectivity index is 1.12. The Morgan fingerprint density at radius 3 is 2.40 bits per heavy atom. The van der Waals surface area contributed by atoms with Crippen LogP contribution in [0.2, 0.25) is 0 Å². The maximum absolute atomic E-state index is 13.9. The van der Waals surface area contributed by atoms with Crippen molar-refractivity contribution in [2.45, 2.75) is 18.9 Å². The molecule has 0 atom stereocenters. The van der Waals surface area contributed by atoms with Crippen LogP contribution in [0, 0.1) is 17.7 Å². The number of hydrogen-bond acceptors (Lipinski definition) is 5. The molecule has 0 radical (unpaired) electrons. The summed E-state index contributed by atoms with van der Waals surface area (Å²) in [6.45, 7) is 6.93. The second-order valence-electron chi connectivity index (χ2n) is 7.76. The lowest BCUT2D eigenvalue weighted by molar-refractivity contribution is 0.0592. The summed E-state index contributed by atoms with van der Waals surface area (Å²) in [6, 6.07) is 13.7. The Morgan fingerprint density at radius 2 is 1.67 bits per heavy atom. The highest BCUT2D eigenvalue weighted by molar-refractivity contribution is 5.46. The molecular weight excluding hydrogens is 379 g/mol. The highest BCUT2D eigenvalue weighted by Gasteiger charge is 2.22. The van der Waals surface area contributed by atoms with Crippen molar-refractivity contribution >= 4 is 11.5 Å². The number of rotatable bonds is 5. The van der Waals surface area contributed by atoms with E-state index in [9.17, 15) is 4.39 Å². The molecule has 0 bridgehead atoms. The van der Waals surface area contributed by atoms with E-state index in [2.05, 4.69) is 57.0 Å². The van der Waals surface area contributed by atoms with E-state index in [1.807, 2.05) is 4.90 Å². The van der Waals surface area contributed by atoms with Crippen molar-refractivity contribution in [1.29, 1.82) is 0 Å². The van der Waals surface area contributed by atoms with Gasteiger partial charge in [-0.1, -0.05) is 30.0 Å². The minimum atomic E-state index is -0.257. The summed E-state index contributed by atoms with van der Waals surface area (Å²) in [6.07, 6.45) is 3.58. The molecule has 1 aromatic heterocycles. The van der Waals surface area contributed by atoms with Crippen molar-refractivity contribution < 1.29 is 9.13 Å². The van der Waals surface area contributed by atoms with Crippen molar-refractivity contribution in [2.24, 2.45) is 0 Å². The van der Waals surface area contributed by atoms with Gasteiger partial charge in [-0.25, -0.2) is 9.37 Å². The third-order valence-electron chi connectivity index (χ3n) is 5.79. The highest BCUT2D eigenvalue weighted by Crippen LogP contribution is 2.21. The second kappa shape index (κ2) is 10.4. The summed E-state index contributed by atoms with van der Waals surface area (Å²) in [5.74, 6) is 6.61. The molecule has 2 fully saturated rings. The highest BCUT2D eigenvalue weighted by atomic mass is 19.1. The molecule has 0 amide bonds. The summed E-state index contributed by atoms with van der Waals surface area (Å²) >= 11 is 0. The number of aromatic nitrogens is 1. The van der Waals surface area contributed by atoms with Crippen LogP contribution >= 0.6 is 0 Å². The van der Waals surface area contributed by atoms with Gasteiger partial charge in [-0.05, 0) is 37.1 Å². The molecule has 4 rings (SSSR count). The SMILES string of the molecule is Fc1cccnc1N1CCC(OCC#CCN2CCN(c3ccccc3)CC2)CC1. The number of para-hydroxylation sites is 1. The minimum absolute atomic E-state index is 0.191. The zero-order valence-corrected chi connectivity index (χ0v) is 17.3. The molecule has 2 aliphatic rings. The fourth-order valence-corrected chi connectivity index (χ4v) is 4.03. The maximum Gasteiger partial charge on any atom is 0.165 e. The Bertz CT molecular complexity index is 850. The molecule has 30 heavy (non-hydrogen) atoms. The summed E-state index contributed by atoms with van der Waals surface area (Å²) in [5.41, 5.74) is 1.30. The van der Waals surface area contributed by atoms with Crippen LogP contribution in [0.4, 0.5) is 15.9 Å². The summed E-state index contributed by atoms with van der Waals surface area (Å²) < 4.78 is 19.8. The van der Waals surface area contributed by atoms with E-state index in [4.69, 9.17) is 4.74 Å². The van der Waals surface area contributed by atoms with Gasteiger partial charge < -0.3 is 14.5 Å². The number of pyridine rings is 1. The van der Waals surface area contributed by atoms with E-state index in [1.165, 1.54) is 11.8 Å². The van der Waals surface area contributed by atoms with Crippen LogP contribution < -0.4 is 9.80 Å². The average Bonchev–Trinajstić information content (AvgIpc) is 2.81. The molecule has 3 heterocycles. The van der Waals surface area contributed by atoms with E-state index >= 15 is 0 Å². The van der Waals surface area contributed by atoms with Gasteiger partial charge in [0.25, 0.3) is 0 Å². The van der Waals surface area contributed by atoms with Crippen LogP contribution in [0.3, 0.4) is 0 Å². The van der Waals surface area contributed by atoms with Crippen LogP contribution in [0.1, 0.15) is 12.8 Å². The predicted octanol–water partition coefficient (Wildman–Crippen LogP) is 3.03. The molecule has 2 aliphatic heterocycles. The first-order chi connectivity index (χ1) is 14.8. The molecule has 0 aliphatic carbocycles. The van der Waals surface area contributed by atoms with E-state index < -0.39 is 0 Å². The zero-order valence-electron chi connectivity index (χ0n) is 17.3. The number of halogens is 1. The van der Waals surface area contributed by atoms with Gasteiger partial charge in [-0.15, -0.1) is 0 Å². The number of hydrogen-bond donors (Lipinski definition) is 0. The Kier molecular flexibility index (Phi) is 7.17. The lowest BCUT2D eigenvalue weighted by Gasteiger charge is -2.35. The van der Waals surface area contributed by atoms with Gasteiger partial charge in [-0.3, -0.25) is 4.90 Å². The van der Waals surface area contributed by atoms with Gasteiger partial charge in [0.1, 0.15) is 6.61 Å². The molecule has 2 saturated heterocycles. The Morgan fingerprint density at radius 1 is 0.900 bits per heavy atom. The van der Waals surface area contributed by atoms with E-state index in [0.29, 0.717) is 12.4 Å². The van der Waals surface area contributed by atoms with Crippen LogP contribution in [-0.2, 0) is 4.74 Å². The average molecular weight is 409 g/mol. The molecule has 0 spiro atoms. The Labute approximate surface area is 178 Å². The number of piperidine rings is 1. The molecule has 2 aromatic rings. The number of ether oxygens (including phenoxy) is 1. The standard InChI is InChI=1S/C24H29FN4O/c25-23-9-6-12-26-24(23)29-14-10-22(11-15-29)30-20-5-4-13-27-16-18-28(19-17-27)21-7-2-1-3-8-21/h1-3,6-9,12,22H,10-11,13-20H2. The number of anilines is 2. The number of nitrogens with zero attached hydrogens (tertiary/aromatic N) is 4. The first-order valence-electron chi connectivity index (χ1n) is 10.7. The molecule has 0 unspecified atom stereocenters. The number of benzene rings is 1. The molecule has 5 nitrogen and oxygen atoms in total. The van der Waals surface area contributed by atoms with Crippen molar-refractivity contribution in [1.82, 2.24) is 9.88 Å². The van der Waals surface area contributed by atoms with Crippen molar-refractivity contribution in [2.75, 3.05) is 62.2 Å². The molecular formula is C24H29FN4O. The van der Waals surface area contributed by atoms with Crippen molar-refractivity contribution in [3.63, 3.8) is 0 Å². The monoisotopic (exact) mass is 408 g/mol. The maximum atomic E-state index is 13.9. The van der Waals surface area contributed by atoms with E-state index in [-0.39, 0.29) is 11.9 Å². The molecule has 0 N–H and O–H groups in total. The van der Waals surface area contributed by atoms with Gasteiger partial charge in [0.2, 0.25) is 0 Å². The number of piperazine rings is 1. The first-order valence-corrected chi connectivity index (χ1v) is 10.7. The topological polar surface area (TPSA) is 31.8 Å². The van der Waals surface area contributed by atoms with Crippen LogP contribution in [-0.4, -0.2) is 68.4 Å². The normalized spacial score (nSPS) is 18.2. The molecule has 158 valence electrons. The van der Waals surface area contributed by atoms with Crippen LogP contribution in [0.5, 0.6) is 0 Å². The lowest BCUT2D eigenvalue weighted by atomic mass is 10.1. The van der Waals surface area contributed by atoms with Crippen molar-refractivity contribution in [3.8, 4) is 11.8 Å². The zero-order chi connectivity index (χ0) is 20.6. The fourth-order valence-electron chi connectivity index (χ4n) is 4.03. The predicted molar refractivity (Wildman–Crippen MR) is 118 cm³/mol. The molecule has 6 heteroatoms. The van der Waals surface area contributed by atoms with Gasteiger partial charge in [0, 0.05) is 51.2 Å². The van der Waals surface area contributed by atoms with Gasteiger partial charge in [0.05, 0.1) is 12.6 Å². The third kappa shape index (κ3) is 5.50.